The molecular formula is C21H23FN2O5. The Bertz CT molecular complexity index is 975. The number of ether oxygens (including phenoxy) is 2. The predicted molar refractivity (Wildman–Crippen MR) is 104 cm³/mol. The highest BCUT2D eigenvalue weighted by atomic mass is 19.1. The molecule has 0 atom stereocenters. The number of hydrogen-bond donors (Lipinski definition) is 1. The highest BCUT2D eigenvalue weighted by Crippen LogP contribution is 2.23. The van der Waals surface area contributed by atoms with Crippen molar-refractivity contribution < 1.29 is 23.8 Å². The zero-order valence-corrected chi connectivity index (χ0v) is 16.6. The molecule has 0 saturated heterocycles. The van der Waals surface area contributed by atoms with Gasteiger partial charge in [0.2, 0.25) is 11.7 Å². The summed E-state index contributed by atoms with van der Waals surface area (Å²) in [6.45, 7) is 5.18. The summed E-state index contributed by atoms with van der Waals surface area (Å²) in [4.78, 5) is 25.2. The molecular weight excluding hydrogens is 379 g/mol. The van der Waals surface area contributed by atoms with Crippen LogP contribution in [0.2, 0.25) is 0 Å². The maximum Gasteiger partial charge on any atom is 0.271 e. The van der Waals surface area contributed by atoms with E-state index in [1.807, 2.05) is 13.8 Å². The molecule has 1 aromatic heterocycles. The molecule has 0 spiro atoms. The van der Waals surface area contributed by atoms with Crippen molar-refractivity contribution in [2.24, 2.45) is 0 Å². The number of aromatic hydroxyl groups is 1. The molecule has 1 heterocycles. The van der Waals surface area contributed by atoms with E-state index in [1.165, 1.54) is 31.2 Å². The Morgan fingerprint density at radius 1 is 1.31 bits per heavy atom. The average Bonchev–Trinajstić information content (AvgIpc) is 2.67. The van der Waals surface area contributed by atoms with Crippen LogP contribution in [0.3, 0.4) is 0 Å². The molecule has 0 unspecified atom stereocenters. The molecule has 1 aromatic carbocycles. The number of halogens is 1. The lowest BCUT2D eigenvalue weighted by molar-refractivity contribution is 0.0743. The lowest BCUT2D eigenvalue weighted by Gasteiger charge is -2.16. The molecule has 0 fully saturated rings. The number of nitrogens with zero attached hydrogens (tertiary/aromatic N) is 2. The predicted octanol–water partition coefficient (Wildman–Crippen LogP) is 2.95. The second kappa shape index (κ2) is 9.85. The lowest BCUT2D eigenvalue weighted by Crippen LogP contribution is -2.28. The normalized spacial score (nSPS) is 10.8. The van der Waals surface area contributed by atoms with E-state index < -0.39 is 29.6 Å². The molecule has 0 aliphatic rings. The zero-order chi connectivity index (χ0) is 21.6. The minimum absolute atomic E-state index is 0.0220. The number of aromatic nitrogens is 1. The number of Topliss-reactive ketones (excluding diaryl/α,β-unsaturated/α-hetero) is 1. The van der Waals surface area contributed by atoms with Crippen LogP contribution in [-0.2, 0) is 11.3 Å². The Balaban J connectivity index is 2.28. The second-order valence-electron chi connectivity index (χ2n) is 6.71. The number of carbonyl (C=O) groups is 1. The Hall–Kier alpha value is -3.18. The number of ketones is 1. The summed E-state index contributed by atoms with van der Waals surface area (Å²) in [5.41, 5.74) is -0.925. The average molecular weight is 402 g/mol. The van der Waals surface area contributed by atoms with Crippen LogP contribution in [0.25, 0.3) is 0 Å². The molecule has 7 nitrogen and oxygen atoms in total. The number of nitriles is 1. The Kier molecular flexibility index (Phi) is 7.51. The van der Waals surface area contributed by atoms with Gasteiger partial charge >= 0.3 is 0 Å². The van der Waals surface area contributed by atoms with Gasteiger partial charge in [-0.3, -0.25) is 14.2 Å². The summed E-state index contributed by atoms with van der Waals surface area (Å²) >= 11 is 0. The zero-order valence-electron chi connectivity index (χ0n) is 16.6. The molecule has 0 amide bonds. The van der Waals surface area contributed by atoms with Crippen LogP contribution < -0.4 is 10.3 Å². The second-order valence-corrected chi connectivity index (χ2v) is 6.71. The van der Waals surface area contributed by atoms with E-state index in [2.05, 4.69) is 0 Å². The van der Waals surface area contributed by atoms with Crippen LogP contribution in [0.1, 0.15) is 41.8 Å². The van der Waals surface area contributed by atoms with Crippen molar-refractivity contribution in [2.45, 2.75) is 39.8 Å². The summed E-state index contributed by atoms with van der Waals surface area (Å²) in [6, 6.07) is 6.92. The number of pyridine rings is 1. The smallest absolute Gasteiger partial charge is 0.271 e. The Labute approximate surface area is 167 Å². The van der Waals surface area contributed by atoms with Crippen LogP contribution in [0.15, 0.2) is 29.1 Å². The fraction of sp³-hybridized carbons (Fsp3) is 0.381. The van der Waals surface area contributed by atoms with Crippen LogP contribution in [-0.4, -0.2) is 34.8 Å². The van der Waals surface area contributed by atoms with Crippen molar-refractivity contribution in [3.8, 4) is 17.7 Å². The molecule has 0 aliphatic carbocycles. The van der Waals surface area contributed by atoms with Crippen molar-refractivity contribution in [2.75, 3.05) is 13.2 Å². The number of hydrogen-bond acceptors (Lipinski definition) is 6. The van der Waals surface area contributed by atoms with Gasteiger partial charge in [0.1, 0.15) is 23.2 Å². The topological polar surface area (TPSA) is 102 Å². The van der Waals surface area contributed by atoms with Crippen molar-refractivity contribution in [1.82, 2.24) is 4.57 Å². The standard InChI is InChI=1S/C21H23FN2O5/c1-13(2)28-10-4-9-24-20(26)17(11-23)14(3)19(21(24)27)18(25)12-29-16-7-5-15(22)6-8-16/h5-8,13,27H,4,9-10,12H2,1-3H3. The van der Waals surface area contributed by atoms with Gasteiger partial charge < -0.3 is 14.6 Å². The SMILES string of the molecule is Cc1c(C(=O)COc2ccc(F)cc2)c(O)n(CCCOC(C)C)c(=O)c1C#N. The van der Waals surface area contributed by atoms with E-state index in [-0.39, 0.29) is 35.1 Å². The number of benzene rings is 1. The summed E-state index contributed by atoms with van der Waals surface area (Å²) < 4.78 is 24.7. The van der Waals surface area contributed by atoms with Crippen molar-refractivity contribution in [3.63, 3.8) is 0 Å². The molecule has 8 heteroatoms. The first-order chi connectivity index (χ1) is 13.8. The van der Waals surface area contributed by atoms with Crippen LogP contribution in [0, 0.1) is 24.1 Å². The van der Waals surface area contributed by atoms with E-state index in [1.54, 1.807) is 6.07 Å². The highest BCUT2D eigenvalue weighted by Gasteiger charge is 2.24. The van der Waals surface area contributed by atoms with E-state index in [0.717, 1.165) is 4.57 Å². The molecule has 0 bridgehead atoms. The fourth-order valence-electron chi connectivity index (χ4n) is 2.79. The third kappa shape index (κ3) is 5.42. The van der Waals surface area contributed by atoms with E-state index in [4.69, 9.17) is 9.47 Å². The van der Waals surface area contributed by atoms with E-state index in [0.29, 0.717) is 13.0 Å². The van der Waals surface area contributed by atoms with Gasteiger partial charge in [0.25, 0.3) is 5.56 Å². The quantitative estimate of drug-likeness (QED) is 0.511. The van der Waals surface area contributed by atoms with Gasteiger partial charge in [-0.05, 0) is 57.0 Å². The third-order valence-electron chi connectivity index (χ3n) is 4.24. The maximum atomic E-state index is 13.0. The van der Waals surface area contributed by atoms with Crippen molar-refractivity contribution in [3.05, 3.63) is 57.1 Å². The van der Waals surface area contributed by atoms with Crippen LogP contribution >= 0.6 is 0 Å². The van der Waals surface area contributed by atoms with E-state index in [9.17, 15) is 24.3 Å². The molecule has 29 heavy (non-hydrogen) atoms. The summed E-state index contributed by atoms with van der Waals surface area (Å²) in [6.07, 6.45) is 0.438. The highest BCUT2D eigenvalue weighted by molar-refractivity contribution is 6.01. The van der Waals surface area contributed by atoms with Crippen LogP contribution in [0.5, 0.6) is 11.6 Å². The Morgan fingerprint density at radius 2 is 1.97 bits per heavy atom. The van der Waals surface area contributed by atoms with Gasteiger partial charge in [-0.15, -0.1) is 0 Å². The minimum atomic E-state index is -0.664. The first-order valence-electron chi connectivity index (χ1n) is 9.15. The lowest BCUT2D eigenvalue weighted by atomic mass is 10.0. The van der Waals surface area contributed by atoms with Gasteiger partial charge in [0.05, 0.1) is 11.7 Å². The molecule has 0 aliphatic heterocycles. The minimum Gasteiger partial charge on any atom is -0.494 e. The fourth-order valence-corrected chi connectivity index (χ4v) is 2.79. The molecule has 154 valence electrons. The van der Waals surface area contributed by atoms with Crippen molar-refractivity contribution in [1.29, 1.82) is 5.26 Å². The Morgan fingerprint density at radius 3 is 2.55 bits per heavy atom. The molecule has 1 N–H and O–H groups in total. The molecule has 0 saturated carbocycles. The van der Waals surface area contributed by atoms with Crippen molar-refractivity contribution >= 4 is 5.78 Å². The summed E-state index contributed by atoms with van der Waals surface area (Å²) in [7, 11) is 0. The number of carbonyl (C=O) groups excluding carboxylic acids is 1. The van der Waals surface area contributed by atoms with E-state index >= 15 is 0 Å². The number of rotatable bonds is 9. The maximum absolute atomic E-state index is 13.0. The largest absolute Gasteiger partial charge is 0.494 e. The first-order valence-corrected chi connectivity index (χ1v) is 9.15. The van der Waals surface area contributed by atoms with Gasteiger partial charge in [-0.1, -0.05) is 0 Å². The summed E-state index contributed by atoms with van der Waals surface area (Å²) in [5, 5.41) is 19.9. The third-order valence-corrected chi connectivity index (χ3v) is 4.24. The van der Waals surface area contributed by atoms with Crippen LogP contribution in [0.4, 0.5) is 4.39 Å². The molecule has 0 radical (unpaired) electrons. The molecule has 2 rings (SSSR count). The van der Waals surface area contributed by atoms with Gasteiger partial charge in [-0.2, -0.15) is 5.26 Å². The van der Waals surface area contributed by atoms with Gasteiger partial charge in [-0.25, -0.2) is 4.39 Å². The first kappa shape index (κ1) is 22.1. The van der Waals surface area contributed by atoms with Gasteiger partial charge in [0.15, 0.2) is 6.61 Å². The van der Waals surface area contributed by atoms with Gasteiger partial charge in [0, 0.05) is 13.2 Å². The molecule has 2 aromatic rings. The summed E-state index contributed by atoms with van der Waals surface area (Å²) in [5.74, 6) is -1.28. The monoisotopic (exact) mass is 402 g/mol.